The van der Waals surface area contributed by atoms with Gasteiger partial charge in [0.1, 0.15) is 6.61 Å². The van der Waals surface area contributed by atoms with E-state index in [9.17, 15) is 9.59 Å². The van der Waals surface area contributed by atoms with E-state index in [1.165, 1.54) is 4.68 Å². The van der Waals surface area contributed by atoms with Gasteiger partial charge in [-0.1, -0.05) is 54.6 Å². The molecule has 0 atom stereocenters. The van der Waals surface area contributed by atoms with Crippen molar-refractivity contribution in [3.63, 3.8) is 0 Å². The number of para-hydroxylation sites is 1. The van der Waals surface area contributed by atoms with Gasteiger partial charge in [0.15, 0.2) is 0 Å². The monoisotopic (exact) mass is 360 g/mol. The van der Waals surface area contributed by atoms with Crippen LogP contribution in [0.25, 0.3) is 10.9 Å². The van der Waals surface area contributed by atoms with Crippen LogP contribution in [0.1, 0.15) is 11.1 Å². The van der Waals surface area contributed by atoms with Gasteiger partial charge in [-0.15, -0.1) is 5.10 Å². The van der Waals surface area contributed by atoms with Crippen molar-refractivity contribution in [2.45, 2.75) is 13.2 Å². The minimum atomic E-state index is -0.650. The molecule has 0 amide bonds. The number of aromatic nitrogens is 4. The van der Waals surface area contributed by atoms with Crippen molar-refractivity contribution in [1.29, 1.82) is 0 Å². The van der Waals surface area contributed by atoms with E-state index in [2.05, 4.69) is 15.1 Å². The molecule has 4 rings (SSSR count). The van der Waals surface area contributed by atoms with Gasteiger partial charge in [-0.05, 0) is 11.6 Å². The predicted octanol–water partition coefficient (Wildman–Crippen LogP) is 2.11. The van der Waals surface area contributed by atoms with Gasteiger partial charge >= 0.3 is 11.2 Å². The quantitative estimate of drug-likeness (QED) is 0.589. The molecule has 0 saturated carbocycles. The Labute approximate surface area is 153 Å². The molecule has 0 radical (unpaired) electrons. The topological polar surface area (TPSA) is 89.9 Å². The predicted molar refractivity (Wildman–Crippen MR) is 101 cm³/mol. The largest absolute Gasteiger partial charge is 0.468 e. The first-order valence-corrected chi connectivity index (χ1v) is 8.41. The first-order chi connectivity index (χ1) is 13.2. The smallest absolute Gasteiger partial charge is 0.345 e. The summed E-state index contributed by atoms with van der Waals surface area (Å²) < 4.78 is 6.69. The number of ether oxygens (including phenoxy) is 1. The van der Waals surface area contributed by atoms with E-state index in [0.29, 0.717) is 0 Å². The van der Waals surface area contributed by atoms with Crippen LogP contribution in [-0.2, 0) is 13.2 Å². The standard InChI is InChI=1S/C20H16N4O3/c25-18-19(27-13-14-6-2-1-3-7-14)23-24(20(26)22-18)12-16-9-4-8-15-10-5-11-21-17(15)16/h1-11H,12-13H2,(H,22,25,26). The molecule has 0 unspecified atom stereocenters. The molecule has 0 aliphatic carbocycles. The second kappa shape index (κ2) is 7.25. The van der Waals surface area contributed by atoms with Gasteiger partial charge < -0.3 is 4.74 Å². The Morgan fingerprint density at radius 3 is 2.63 bits per heavy atom. The lowest BCUT2D eigenvalue weighted by molar-refractivity contribution is 0.277. The van der Waals surface area contributed by atoms with E-state index in [4.69, 9.17) is 4.74 Å². The van der Waals surface area contributed by atoms with Crippen molar-refractivity contribution in [3.05, 3.63) is 98.8 Å². The van der Waals surface area contributed by atoms with E-state index in [-0.39, 0.29) is 19.0 Å². The number of pyridine rings is 1. The average Bonchev–Trinajstić information content (AvgIpc) is 2.70. The molecule has 2 aromatic heterocycles. The molecule has 2 aromatic carbocycles. The third kappa shape index (κ3) is 3.62. The van der Waals surface area contributed by atoms with E-state index in [1.54, 1.807) is 6.20 Å². The molecule has 7 nitrogen and oxygen atoms in total. The van der Waals surface area contributed by atoms with E-state index >= 15 is 0 Å². The van der Waals surface area contributed by atoms with Crippen LogP contribution in [0.4, 0.5) is 0 Å². The van der Waals surface area contributed by atoms with Gasteiger partial charge in [0.25, 0.3) is 5.88 Å². The zero-order valence-electron chi connectivity index (χ0n) is 14.3. The van der Waals surface area contributed by atoms with Crippen molar-refractivity contribution >= 4 is 10.9 Å². The molecule has 0 bridgehead atoms. The van der Waals surface area contributed by atoms with Crippen molar-refractivity contribution in [2.75, 3.05) is 0 Å². The molecule has 2 heterocycles. The lowest BCUT2D eigenvalue weighted by Gasteiger charge is -2.09. The highest BCUT2D eigenvalue weighted by Crippen LogP contribution is 2.16. The number of fused-ring (bicyclic) bond motifs is 1. The van der Waals surface area contributed by atoms with E-state index in [1.807, 2.05) is 60.7 Å². The molecular weight excluding hydrogens is 344 g/mol. The van der Waals surface area contributed by atoms with E-state index in [0.717, 1.165) is 22.0 Å². The number of aromatic amines is 1. The van der Waals surface area contributed by atoms with Crippen LogP contribution in [0.3, 0.4) is 0 Å². The van der Waals surface area contributed by atoms with Crippen LogP contribution >= 0.6 is 0 Å². The van der Waals surface area contributed by atoms with Crippen LogP contribution in [0.15, 0.2) is 76.4 Å². The summed E-state index contributed by atoms with van der Waals surface area (Å²) in [6.07, 6.45) is 1.70. The minimum Gasteiger partial charge on any atom is -0.468 e. The van der Waals surface area contributed by atoms with Crippen molar-refractivity contribution in [2.24, 2.45) is 0 Å². The third-order valence-electron chi connectivity index (χ3n) is 4.12. The summed E-state index contributed by atoms with van der Waals surface area (Å²) in [5.41, 5.74) is 1.26. The molecule has 134 valence electrons. The van der Waals surface area contributed by atoms with Crippen molar-refractivity contribution < 1.29 is 4.74 Å². The van der Waals surface area contributed by atoms with Gasteiger partial charge in [0, 0.05) is 17.1 Å². The van der Waals surface area contributed by atoms with Crippen molar-refractivity contribution in [3.8, 4) is 5.88 Å². The number of nitrogens with one attached hydrogen (secondary N) is 1. The van der Waals surface area contributed by atoms with Crippen LogP contribution in [-0.4, -0.2) is 19.7 Å². The Bertz CT molecular complexity index is 1190. The fraction of sp³-hybridized carbons (Fsp3) is 0.100. The van der Waals surface area contributed by atoms with Crippen molar-refractivity contribution in [1.82, 2.24) is 19.7 Å². The van der Waals surface area contributed by atoms with Gasteiger partial charge in [-0.2, -0.15) is 0 Å². The Hall–Kier alpha value is -3.74. The highest BCUT2D eigenvalue weighted by Gasteiger charge is 2.10. The summed E-state index contributed by atoms with van der Waals surface area (Å²) in [5.74, 6) is -0.147. The highest BCUT2D eigenvalue weighted by molar-refractivity contribution is 5.81. The summed E-state index contributed by atoms with van der Waals surface area (Å²) >= 11 is 0. The normalized spacial score (nSPS) is 10.8. The second-order valence-electron chi connectivity index (χ2n) is 5.99. The Morgan fingerprint density at radius 2 is 1.78 bits per heavy atom. The highest BCUT2D eigenvalue weighted by atomic mass is 16.5. The maximum Gasteiger partial charge on any atom is 0.345 e. The summed E-state index contributed by atoms with van der Waals surface area (Å²) in [6, 6.07) is 18.9. The van der Waals surface area contributed by atoms with Crippen LogP contribution in [0.2, 0.25) is 0 Å². The number of rotatable bonds is 5. The SMILES string of the molecule is O=c1[nH]c(=O)n(Cc2cccc3cccnc23)nc1OCc1ccccc1. The molecule has 0 fully saturated rings. The molecule has 7 heteroatoms. The fourth-order valence-corrected chi connectivity index (χ4v) is 2.80. The number of hydrogen-bond acceptors (Lipinski definition) is 5. The molecule has 0 saturated heterocycles. The van der Waals surface area contributed by atoms with Crippen LogP contribution < -0.4 is 16.0 Å². The molecule has 0 aliphatic heterocycles. The summed E-state index contributed by atoms with van der Waals surface area (Å²) in [7, 11) is 0. The molecule has 1 N–H and O–H groups in total. The minimum absolute atomic E-state index is 0.147. The van der Waals surface area contributed by atoms with Crippen LogP contribution in [0.5, 0.6) is 5.88 Å². The number of H-pyrrole nitrogens is 1. The maximum absolute atomic E-state index is 12.2. The Kier molecular flexibility index (Phi) is 4.49. The molecule has 0 aliphatic rings. The lowest BCUT2D eigenvalue weighted by atomic mass is 10.1. The lowest BCUT2D eigenvalue weighted by Crippen LogP contribution is -2.33. The van der Waals surface area contributed by atoms with Gasteiger partial charge in [0.2, 0.25) is 0 Å². The Morgan fingerprint density at radius 1 is 0.963 bits per heavy atom. The number of benzene rings is 2. The fourth-order valence-electron chi connectivity index (χ4n) is 2.80. The summed E-state index contributed by atoms with van der Waals surface area (Å²) in [6.45, 7) is 0.358. The maximum atomic E-state index is 12.2. The Balaban J connectivity index is 1.65. The first-order valence-electron chi connectivity index (χ1n) is 8.41. The second-order valence-corrected chi connectivity index (χ2v) is 5.99. The summed E-state index contributed by atoms with van der Waals surface area (Å²) in [4.78, 5) is 30.8. The first kappa shape index (κ1) is 16.7. The molecule has 27 heavy (non-hydrogen) atoms. The van der Waals surface area contributed by atoms with Crippen LogP contribution in [0, 0.1) is 0 Å². The third-order valence-corrected chi connectivity index (χ3v) is 4.12. The van der Waals surface area contributed by atoms with Gasteiger partial charge in [-0.3, -0.25) is 14.8 Å². The number of hydrogen-bond donors (Lipinski definition) is 1. The average molecular weight is 360 g/mol. The zero-order chi connectivity index (χ0) is 18.6. The van der Waals surface area contributed by atoms with Gasteiger partial charge in [-0.25, -0.2) is 9.48 Å². The molecule has 0 spiro atoms. The van der Waals surface area contributed by atoms with E-state index < -0.39 is 11.2 Å². The number of nitrogens with zero attached hydrogens (tertiary/aromatic N) is 3. The summed E-state index contributed by atoms with van der Waals surface area (Å²) in [5, 5.41) is 5.07. The molecule has 4 aromatic rings. The zero-order valence-corrected chi connectivity index (χ0v) is 14.3. The molecular formula is C20H16N4O3. The van der Waals surface area contributed by atoms with Gasteiger partial charge in [0.05, 0.1) is 12.1 Å².